The molecule has 9 heteroatoms. The number of carbonyl (C=O) groups excluding carboxylic acids is 1. The van der Waals surface area contributed by atoms with Gasteiger partial charge in [-0.25, -0.2) is 4.68 Å². The Balaban J connectivity index is 1.40. The molecule has 1 atom stereocenters. The summed E-state index contributed by atoms with van der Waals surface area (Å²) in [5.41, 5.74) is 2.04. The summed E-state index contributed by atoms with van der Waals surface area (Å²) in [6.07, 6.45) is 1.58. The van der Waals surface area contributed by atoms with Crippen LogP contribution in [0.4, 0.5) is 0 Å². The van der Waals surface area contributed by atoms with E-state index in [1.165, 1.54) is 0 Å². The Labute approximate surface area is 171 Å². The van der Waals surface area contributed by atoms with Crippen LogP contribution in [0, 0.1) is 0 Å². The molecular formula is C20H17ClN6O2. The smallest absolute Gasteiger partial charge is 0.274 e. The van der Waals surface area contributed by atoms with Gasteiger partial charge in [0.15, 0.2) is 5.69 Å². The van der Waals surface area contributed by atoms with Gasteiger partial charge >= 0.3 is 0 Å². The third-order valence-corrected chi connectivity index (χ3v) is 4.47. The highest BCUT2D eigenvalue weighted by Crippen LogP contribution is 2.18. The number of benzene rings is 2. The van der Waals surface area contributed by atoms with E-state index in [-0.39, 0.29) is 11.6 Å². The lowest BCUT2D eigenvalue weighted by atomic mass is 10.2. The third-order valence-electron chi connectivity index (χ3n) is 4.22. The van der Waals surface area contributed by atoms with Crippen molar-refractivity contribution in [2.75, 3.05) is 0 Å². The van der Waals surface area contributed by atoms with Crippen molar-refractivity contribution in [3.05, 3.63) is 83.0 Å². The summed E-state index contributed by atoms with van der Waals surface area (Å²) in [7, 11) is 0. The molecule has 2 aromatic heterocycles. The lowest BCUT2D eigenvalue weighted by Gasteiger charge is -2.07. The van der Waals surface area contributed by atoms with Gasteiger partial charge in [-0.2, -0.15) is 4.98 Å². The molecule has 1 N–H and O–H groups in total. The first-order valence-electron chi connectivity index (χ1n) is 8.93. The zero-order chi connectivity index (χ0) is 20.2. The maximum atomic E-state index is 12.5. The second-order valence-corrected chi connectivity index (χ2v) is 6.88. The van der Waals surface area contributed by atoms with Crippen LogP contribution in [0.5, 0.6) is 0 Å². The number of amides is 1. The second kappa shape index (κ2) is 8.24. The molecule has 4 aromatic rings. The van der Waals surface area contributed by atoms with Crippen LogP contribution in [0.15, 0.2) is 65.3 Å². The molecule has 29 heavy (non-hydrogen) atoms. The summed E-state index contributed by atoms with van der Waals surface area (Å²) in [6.45, 7) is 2.25. The number of aromatic nitrogens is 5. The predicted octanol–water partition coefficient (Wildman–Crippen LogP) is 3.52. The maximum absolute atomic E-state index is 12.5. The zero-order valence-electron chi connectivity index (χ0n) is 15.5. The van der Waals surface area contributed by atoms with Gasteiger partial charge in [0, 0.05) is 10.6 Å². The van der Waals surface area contributed by atoms with E-state index in [2.05, 4.69) is 25.8 Å². The molecule has 4 rings (SSSR count). The number of carbonyl (C=O) groups is 1. The number of nitrogens with one attached hydrogen (secondary N) is 1. The van der Waals surface area contributed by atoms with Crippen LogP contribution in [0.3, 0.4) is 0 Å². The van der Waals surface area contributed by atoms with Gasteiger partial charge in [0.2, 0.25) is 11.7 Å². The molecule has 0 saturated carbocycles. The number of hydrogen-bond acceptors (Lipinski definition) is 6. The molecule has 1 amide bonds. The Morgan fingerprint density at radius 3 is 2.69 bits per heavy atom. The van der Waals surface area contributed by atoms with Crippen LogP contribution in [-0.2, 0) is 6.54 Å². The molecule has 8 nitrogen and oxygen atoms in total. The first-order chi connectivity index (χ1) is 14.1. The molecule has 146 valence electrons. The summed E-state index contributed by atoms with van der Waals surface area (Å²) < 4.78 is 6.87. The maximum Gasteiger partial charge on any atom is 0.274 e. The molecule has 0 spiro atoms. The topological polar surface area (TPSA) is 98.7 Å². The molecule has 2 heterocycles. The lowest BCUT2D eigenvalue weighted by Crippen LogP contribution is -2.27. The lowest BCUT2D eigenvalue weighted by molar-refractivity contribution is 0.0927. The Morgan fingerprint density at radius 1 is 1.17 bits per heavy atom. The van der Waals surface area contributed by atoms with Gasteiger partial charge in [-0.3, -0.25) is 4.79 Å². The molecule has 0 aliphatic rings. The van der Waals surface area contributed by atoms with E-state index in [1.54, 1.807) is 29.9 Å². The number of hydrogen-bond donors (Lipinski definition) is 1. The van der Waals surface area contributed by atoms with Crippen LogP contribution in [0.25, 0.3) is 11.4 Å². The number of rotatable bonds is 6. The molecule has 0 aliphatic carbocycles. The second-order valence-electron chi connectivity index (χ2n) is 6.45. The average Bonchev–Trinajstić information content (AvgIpc) is 3.40. The highest BCUT2D eigenvalue weighted by Gasteiger charge is 2.20. The molecule has 2 aromatic carbocycles. The number of halogens is 1. The van der Waals surface area contributed by atoms with Gasteiger partial charge in [0.1, 0.15) is 6.04 Å². The van der Waals surface area contributed by atoms with Gasteiger partial charge in [-0.05, 0) is 24.6 Å². The van der Waals surface area contributed by atoms with Gasteiger partial charge in [0.05, 0.1) is 12.7 Å². The Bertz CT molecular complexity index is 1110. The summed E-state index contributed by atoms with van der Waals surface area (Å²) in [5.74, 6) is 0.403. The molecule has 0 saturated heterocycles. The Kier molecular flexibility index (Phi) is 5.35. The van der Waals surface area contributed by atoms with Crippen molar-refractivity contribution >= 4 is 17.5 Å². The van der Waals surface area contributed by atoms with Crippen LogP contribution >= 0.6 is 11.6 Å². The quantitative estimate of drug-likeness (QED) is 0.524. The highest BCUT2D eigenvalue weighted by molar-refractivity contribution is 6.30. The molecule has 0 unspecified atom stereocenters. The van der Waals surface area contributed by atoms with Gasteiger partial charge in [-0.15, -0.1) is 5.10 Å². The van der Waals surface area contributed by atoms with Gasteiger partial charge in [0.25, 0.3) is 5.91 Å². The Hall–Kier alpha value is -3.52. The van der Waals surface area contributed by atoms with Crippen LogP contribution in [0.1, 0.15) is 34.9 Å². The van der Waals surface area contributed by atoms with Crippen LogP contribution in [-0.4, -0.2) is 31.0 Å². The van der Waals surface area contributed by atoms with Gasteiger partial charge in [-0.1, -0.05) is 64.4 Å². The van der Waals surface area contributed by atoms with Crippen molar-refractivity contribution in [3.8, 4) is 11.4 Å². The summed E-state index contributed by atoms with van der Waals surface area (Å²) >= 11 is 5.89. The largest absolute Gasteiger partial charge is 0.339 e. The predicted molar refractivity (Wildman–Crippen MR) is 106 cm³/mol. The first-order valence-corrected chi connectivity index (χ1v) is 9.31. The minimum Gasteiger partial charge on any atom is -0.339 e. The van der Waals surface area contributed by atoms with Crippen LogP contribution < -0.4 is 5.32 Å². The van der Waals surface area contributed by atoms with E-state index in [0.29, 0.717) is 23.3 Å². The van der Waals surface area contributed by atoms with Crippen molar-refractivity contribution in [2.45, 2.75) is 19.5 Å². The minimum atomic E-state index is -0.478. The fourth-order valence-corrected chi connectivity index (χ4v) is 2.83. The molecule has 0 radical (unpaired) electrons. The van der Waals surface area contributed by atoms with Crippen molar-refractivity contribution in [2.24, 2.45) is 0 Å². The van der Waals surface area contributed by atoms with Crippen molar-refractivity contribution in [1.29, 1.82) is 0 Å². The van der Waals surface area contributed by atoms with Crippen molar-refractivity contribution in [3.63, 3.8) is 0 Å². The first kappa shape index (κ1) is 18.8. The van der Waals surface area contributed by atoms with Crippen LogP contribution in [0.2, 0.25) is 5.02 Å². The fraction of sp³-hybridized carbons (Fsp3) is 0.150. The van der Waals surface area contributed by atoms with Gasteiger partial charge < -0.3 is 9.84 Å². The zero-order valence-corrected chi connectivity index (χ0v) is 16.2. The summed E-state index contributed by atoms with van der Waals surface area (Å²) in [5, 5.41) is 15.4. The monoisotopic (exact) mass is 408 g/mol. The summed E-state index contributed by atoms with van der Waals surface area (Å²) in [6, 6.07) is 16.4. The van der Waals surface area contributed by atoms with E-state index < -0.39 is 6.04 Å². The molecule has 0 aliphatic heterocycles. The minimum absolute atomic E-state index is 0.202. The summed E-state index contributed by atoms with van der Waals surface area (Å²) in [4.78, 5) is 16.8. The standard InChI is InChI=1S/C20H17ClN6O2/c1-13(20-23-18(25-29-20)15-5-3-2-4-6-15)22-19(28)17-12-27(26-24-17)11-14-7-9-16(21)10-8-14/h2-10,12-13H,11H2,1H3,(H,22,28)/t13-/m0/s1. The van der Waals surface area contributed by atoms with E-state index in [4.69, 9.17) is 16.1 Å². The van der Waals surface area contributed by atoms with Crippen molar-refractivity contribution in [1.82, 2.24) is 30.5 Å². The molecule has 0 fully saturated rings. The number of nitrogens with zero attached hydrogens (tertiary/aromatic N) is 5. The molecular weight excluding hydrogens is 392 g/mol. The van der Waals surface area contributed by atoms with E-state index in [9.17, 15) is 4.79 Å². The molecule has 0 bridgehead atoms. The third kappa shape index (κ3) is 4.49. The Morgan fingerprint density at radius 2 is 1.93 bits per heavy atom. The van der Waals surface area contributed by atoms with Crippen molar-refractivity contribution < 1.29 is 9.32 Å². The van der Waals surface area contributed by atoms with E-state index in [1.807, 2.05) is 42.5 Å². The SMILES string of the molecule is C[C@H](NC(=O)c1cn(Cc2ccc(Cl)cc2)nn1)c1nc(-c2ccccc2)no1. The van der Waals surface area contributed by atoms with E-state index in [0.717, 1.165) is 11.1 Å². The average molecular weight is 409 g/mol. The van der Waals surface area contributed by atoms with E-state index >= 15 is 0 Å². The highest BCUT2D eigenvalue weighted by atomic mass is 35.5. The normalized spacial score (nSPS) is 11.9. The fourth-order valence-electron chi connectivity index (χ4n) is 2.70.